The fourth-order valence-electron chi connectivity index (χ4n) is 2.72. The quantitative estimate of drug-likeness (QED) is 0.700. The van der Waals surface area contributed by atoms with Gasteiger partial charge in [-0.25, -0.2) is 0 Å². The molecule has 0 saturated heterocycles. The molecule has 1 aliphatic carbocycles. The van der Waals surface area contributed by atoms with E-state index >= 15 is 0 Å². The van der Waals surface area contributed by atoms with E-state index in [1.165, 1.54) is 11.1 Å². The molecule has 0 spiro atoms. The number of benzene rings is 1. The molecule has 1 fully saturated rings. The summed E-state index contributed by atoms with van der Waals surface area (Å²) in [4.78, 5) is 12.0. The molecule has 0 bridgehead atoms. The van der Waals surface area contributed by atoms with Gasteiger partial charge in [-0.1, -0.05) is 50.6 Å². The van der Waals surface area contributed by atoms with Gasteiger partial charge in [-0.2, -0.15) is 0 Å². The Balaban J connectivity index is 2.47. The third-order valence-electron chi connectivity index (χ3n) is 4.62. The van der Waals surface area contributed by atoms with Gasteiger partial charge in [0.1, 0.15) is 5.78 Å². The van der Waals surface area contributed by atoms with Crippen molar-refractivity contribution in [1.82, 2.24) is 0 Å². The number of hydrogen-bond acceptors (Lipinski definition) is 1. The molecule has 1 aromatic carbocycles. The minimum absolute atomic E-state index is 0.00220. The van der Waals surface area contributed by atoms with Gasteiger partial charge in [0, 0.05) is 17.3 Å². The summed E-state index contributed by atoms with van der Waals surface area (Å²) >= 11 is 0. The first-order valence-electron chi connectivity index (χ1n) is 5.98. The Morgan fingerprint density at radius 1 is 1.06 bits per heavy atom. The second kappa shape index (κ2) is 3.44. The van der Waals surface area contributed by atoms with Crippen LogP contribution in [-0.2, 0) is 10.2 Å². The first-order valence-corrected chi connectivity index (χ1v) is 5.98. The lowest BCUT2D eigenvalue weighted by molar-refractivity contribution is -0.125. The van der Waals surface area contributed by atoms with Gasteiger partial charge in [0.15, 0.2) is 0 Å². The van der Waals surface area contributed by atoms with Crippen molar-refractivity contribution in [3.05, 3.63) is 35.4 Å². The van der Waals surface area contributed by atoms with Crippen molar-refractivity contribution in [2.75, 3.05) is 0 Å². The minimum atomic E-state index is -0.234. The average Bonchev–Trinajstić information content (AvgIpc) is 2.44. The van der Waals surface area contributed by atoms with E-state index in [1.807, 2.05) is 0 Å². The Morgan fingerprint density at radius 3 is 2.06 bits per heavy atom. The van der Waals surface area contributed by atoms with Gasteiger partial charge < -0.3 is 0 Å². The Morgan fingerprint density at radius 2 is 1.62 bits per heavy atom. The Labute approximate surface area is 97.9 Å². The maximum Gasteiger partial charge on any atom is 0.139 e. The van der Waals surface area contributed by atoms with Gasteiger partial charge in [-0.05, 0) is 18.9 Å². The second-order valence-corrected chi connectivity index (χ2v) is 5.75. The van der Waals surface area contributed by atoms with E-state index in [0.717, 1.165) is 12.8 Å². The van der Waals surface area contributed by atoms with Crippen molar-refractivity contribution in [3.8, 4) is 0 Å². The maximum atomic E-state index is 12.0. The summed E-state index contributed by atoms with van der Waals surface area (Å²) in [7, 11) is 0. The zero-order chi connectivity index (χ0) is 12.0. The van der Waals surface area contributed by atoms with Gasteiger partial charge in [0.25, 0.3) is 0 Å². The van der Waals surface area contributed by atoms with Crippen molar-refractivity contribution >= 4 is 5.78 Å². The van der Waals surface area contributed by atoms with Crippen LogP contribution in [0.4, 0.5) is 0 Å². The fraction of sp³-hybridized carbons (Fsp3) is 0.533. The monoisotopic (exact) mass is 216 g/mol. The lowest BCUT2D eigenvalue weighted by Crippen LogP contribution is -2.38. The number of rotatable bonds is 1. The molecule has 16 heavy (non-hydrogen) atoms. The number of carbonyl (C=O) groups is 1. The largest absolute Gasteiger partial charge is 0.299 e. The van der Waals surface area contributed by atoms with Gasteiger partial charge in [-0.3, -0.25) is 4.79 Å². The van der Waals surface area contributed by atoms with Gasteiger partial charge in [0.2, 0.25) is 0 Å². The van der Waals surface area contributed by atoms with Crippen LogP contribution in [0.2, 0.25) is 0 Å². The van der Waals surface area contributed by atoms with Crippen molar-refractivity contribution in [2.45, 2.75) is 46.0 Å². The highest BCUT2D eigenvalue weighted by atomic mass is 16.1. The highest BCUT2D eigenvalue weighted by molar-refractivity contribution is 5.88. The van der Waals surface area contributed by atoms with Crippen molar-refractivity contribution < 1.29 is 4.79 Å². The summed E-state index contributed by atoms with van der Waals surface area (Å²) in [6.45, 7) is 8.49. The zero-order valence-electron chi connectivity index (χ0n) is 10.6. The smallest absolute Gasteiger partial charge is 0.139 e. The molecule has 1 atom stereocenters. The summed E-state index contributed by atoms with van der Waals surface area (Å²) in [5.74, 6) is 0.399. The molecule has 1 unspecified atom stereocenters. The van der Waals surface area contributed by atoms with Gasteiger partial charge >= 0.3 is 0 Å². The van der Waals surface area contributed by atoms with E-state index in [9.17, 15) is 4.79 Å². The Hall–Kier alpha value is -1.11. The molecule has 1 saturated carbocycles. The standard InChI is InChI=1S/C15H20O/c1-11-5-7-12(8-6-11)15(4)10-9-13(16)14(15,2)3/h5-8H,9-10H2,1-4H3. The normalized spacial score (nSPS) is 28.4. The number of Topliss-reactive ketones (excluding diaryl/α,β-unsaturated/α-hetero) is 1. The molecule has 1 nitrogen and oxygen atoms in total. The Kier molecular flexibility index (Phi) is 2.45. The van der Waals surface area contributed by atoms with Crippen molar-refractivity contribution in [2.24, 2.45) is 5.41 Å². The third kappa shape index (κ3) is 1.41. The molecule has 1 aromatic rings. The van der Waals surface area contributed by atoms with Crippen LogP contribution in [0.3, 0.4) is 0 Å². The summed E-state index contributed by atoms with van der Waals surface area (Å²) in [6, 6.07) is 8.63. The first kappa shape index (κ1) is 11.4. The summed E-state index contributed by atoms with van der Waals surface area (Å²) in [5.41, 5.74) is 2.34. The predicted octanol–water partition coefficient (Wildman–Crippen LogP) is 3.64. The van der Waals surface area contributed by atoms with Crippen LogP contribution in [0.1, 0.15) is 44.7 Å². The van der Waals surface area contributed by atoms with Crippen LogP contribution < -0.4 is 0 Å². The molecule has 0 heterocycles. The van der Waals surface area contributed by atoms with E-state index in [0.29, 0.717) is 5.78 Å². The lowest BCUT2D eigenvalue weighted by Gasteiger charge is -2.37. The fourth-order valence-corrected chi connectivity index (χ4v) is 2.72. The summed E-state index contributed by atoms with van der Waals surface area (Å²) in [6.07, 6.45) is 1.69. The molecule has 0 aromatic heterocycles. The van der Waals surface area contributed by atoms with Crippen LogP contribution in [0.15, 0.2) is 24.3 Å². The second-order valence-electron chi connectivity index (χ2n) is 5.75. The van der Waals surface area contributed by atoms with E-state index in [2.05, 4.69) is 52.0 Å². The first-order chi connectivity index (χ1) is 7.38. The highest BCUT2D eigenvalue weighted by Gasteiger charge is 2.51. The third-order valence-corrected chi connectivity index (χ3v) is 4.62. The molecule has 0 radical (unpaired) electrons. The van der Waals surface area contributed by atoms with Gasteiger partial charge in [0.05, 0.1) is 0 Å². The van der Waals surface area contributed by atoms with E-state index in [4.69, 9.17) is 0 Å². The predicted molar refractivity (Wildman–Crippen MR) is 66.6 cm³/mol. The van der Waals surface area contributed by atoms with Crippen LogP contribution in [0.5, 0.6) is 0 Å². The molecular formula is C15H20O. The summed E-state index contributed by atoms with van der Waals surface area (Å²) < 4.78 is 0. The van der Waals surface area contributed by atoms with E-state index in [-0.39, 0.29) is 10.8 Å². The molecule has 2 rings (SSSR count). The van der Waals surface area contributed by atoms with E-state index < -0.39 is 0 Å². The van der Waals surface area contributed by atoms with Crippen LogP contribution in [-0.4, -0.2) is 5.78 Å². The highest BCUT2D eigenvalue weighted by Crippen LogP contribution is 2.51. The van der Waals surface area contributed by atoms with Crippen molar-refractivity contribution in [1.29, 1.82) is 0 Å². The van der Waals surface area contributed by atoms with Crippen molar-refractivity contribution in [3.63, 3.8) is 0 Å². The molecule has 0 N–H and O–H groups in total. The van der Waals surface area contributed by atoms with Gasteiger partial charge in [-0.15, -0.1) is 0 Å². The number of carbonyl (C=O) groups excluding carboxylic acids is 1. The molecule has 86 valence electrons. The number of ketones is 1. The molecule has 1 heteroatoms. The number of hydrogen-bond donors (Lipinski definition) is 0. The maximum absolute atomic E-state index is 12.0. The van der Waals surface area contributed by atoms with E-state index in [1.54, 1.807) is 0 Å². The minimum Gasteiger partial charge on any atom is -0.299 e. The summed E-state index contributed by atoms with van der Waals surface area (Å²) in [5, 5.41) is 0. The van der Waals surface area contributed by atoms with Crippen LogP contribution >= 0.6 is 0 Å². The van der Waals surface area contributed by atoms with Crippen LogP contribution in [0, 0.1) is 12.3 Å². The average molecular weight is 216 g/mol. The molecule has 0 aliphatic heterocycles. The number of aryl methyl sites for hydroxylation is 1. The molecular weight excluding hydrogens is 196 g/mol. The zero-order valence-corrected chi connectivity index (χ0v) is 10.6. The lowest BCUT2D eigenvalue weighted by atomic mass is 9.65. The molecule has 0 amide bonds. The Bertz CT molecular complexity index is 414. The molecule has 1 aliphatic rings. The topological polar surface area (TPSA) is 17.1 Å². The SMILES string of the molecule is Cc1ccc(C2(C)CCC(=O)C2(C)C)cc1. The van der Waals surface area contributed by atoms with Crippen LogP contribution in [0.25, 0.3) is 0 Å².